The van der Waals surface area contributed by atoms with Crippen molar-refractivity contribution in [3.05, 3.63) is 69.7 Å². The molecule has 0 unspecified atom stereocenters. The fraction of sp³-hybridized carbons (Fsp3) is 0.150. The van der Waals surface area contributed by atoms with Crippen molar-refractivity contribution in [1.82, 2.24) is 10.2 Å². The first kappa shape index (κ1) is 19.7. The van der Waals surface area contributed by atoms with Crippen LogP contribution in [0.4, 0.5) is 5.69 Å². The number of halogens is 2. The average molecular weight is 418 g/mol. The molecule has 3 aromatic rings. The topological polar surface area (TPSA) is 54.9 Å². The SMILES string of the molecule is Cc1ccc(-c2ccc(SCC(=O)Nc3ccc(Cl)c(Cl)c3)nn2)c(C)c1. The second-order valence-corrected chi connectivity index (χ2v) is 7.85. The van der Waals surface area contributed by atoms with Crippen LogP contribution in [0.5, 0.6) is 0 Å². The lowest BCUT2D eigenvalue weighted by Crippen LogP contribution is -2.14. The lowest BCUT2D eigenvalue weighted by molar-refractivity contribution is -0.113. The van der Waals surface area contributed by atoms with Crippen molar-refractivity contribution in [2.24, 2.45) is 0 Å². The number of amides is 1. The molecule has 0 aliphatic carbocycles. The number of benzene rings is 2. The number of thioether (sulfide) groups is 1. The number of anilines is 1. The molecule has 0 aliphatic heterocycles. The number of hydrogen-bond acceptors (Lipinski definition) is 4. The van der Waals surface area contributed by atoms with E-state index in [9.17, 15) is 4.79 Å². The Balaban J connectivity index is 1.59. The first-order valence-electron chi connectivity index (χ1n) is 8.21. The molecule has 3 rings (SSSR count). The van der Waals surface area contributed by atoms with Gasteiger partial charge < -0.3 is 5.32 Å². The summed E-state index contributed by atoms with van der Waals surface area (Å²) in [6, 6.07) is 15.0. The Morgan fingerprint density at radius 3 is 2.48 bits per heavy atom. The van der Waals surface area contributed by atoms with E-state index >= 15 is 0 Å². The number of nitrogens with one attached hydrogen (secondary N) is 1. The molecule has 1 aromatic heterocycles. The molecular formula is C20H17Cl2N3OS. The zero-order valence-corrected chi connectivity index (χ0v) is 17.1. The predicted octanol–water partition coefficient (Wildman–Crippen LogP) is 5.80. The standard InChI is InChI=1S/C20H17Cl2N3OS/c1-12-3-5-15(13(2)9-12)18-7-8-20(25-24-18)27-11-19(26)23-14-4-6-16(21)17(22)10-14/h3-10H,11H2,1-2H3,(H,23,26). The molecule has 0 atom stereocenters. The largest absolute Gasteiger partial charge is 0.325 e. The van der Waals surface area contributed by atoms with E-state index < -0.39 is 0 Å². The monoisotopic (exact) mass is 417 g/mol. The summed E-state index contributed by atoms with van der Waals surface area (Å²) in [6.45, 7) is 4.12. The van der Waals surface area contributed by atoms with Gasteiger partial charge in [-0.2, -0.15) is 0 Å². The van der Waals surface area contributed by atoms with Crippen LogP contribution >= 0.6 is 35.0 Å². The van der Waals surface area contributed by atoms with Crippen molar-refractivity contribution in [1.29, 1.82) is 0 Å². The van der Waals surface area contributed by atoms with Gasteiger partial charge in [-0.1, -0.05) is 58.7 Å². The average Bonchev–Trinajstić information content (AvgIpc) is 2.64. The zero-order chi connectivity index (χ0) is 19.4. The molecule has 1 amide bonds. The number of hydrogen-bond donors (Lipinski definition) is 1. The van der Waals surface area contributed by atoms with E-state index in [-0.39, 0.29) is 11.7 Å². The van der Waals surface area contributed by atoms with E-state index in [1.54, 1.807) is 18.2 Å². The molecular weight excluding hydrogens is 401 g/mol. The number of aromatic nitrogens is 2. The number of rotatable bonds is 5. The van der Waals surface area contributed by atoms with Crippen molar-refractivity contribution in [3.63, 3.8) is 0 Å². The van der Waals surface area contributed by atoms with Gasteiger partial charge in [0.15, 0.2) is 0 Å². The zero-order valence-electron chi connectivity index (χ0n) is 14.8. The molecule has 2 aromatic carbocycles. The summed E-state index contributed by atoms with van der Waals surface area (Å²) in [5.41, 5.74) is 4.85. The lowest BCUT2D eigenvalue weighted by atomic mass is 10.0. The predicted molar refractivity (Wildman–Crippen MR) is 113 cm³/mol. The molecule has 0 bridgehead atoms. The first-order chi connectivity index (χ1) is 12.9. The van der Waals surface area contributed by atoms with Crippen molar-refractivity contribution >= 4 is 46.6 Å². The van der Waals surface area contributed by atoms with Crippen LogP contribution in [-0.4, -0.2) is 21.9 Å². The maximum Gasteiger partial charge on any atom is 0.234 e. The summed E-state index contributed by atoms with van der Waals surface area (Å²) in [4.78, 5) is 12.1. The Morgan fingerprint density at radius 2 is 1.81 bits per heavy atom. The van der Waals surface area contributed by atoms with Gasteiger partial charge in [0.2, 0.25) is 5.91 Å². The summed E-state index contributed by atoms with van der Waals surface area (Å²) in [7, 11) is 0. The van der Waals surface area contributed by atoms with Gasteiger partial charge in [0, 0.05) is 11.3 Å². The van der Waals surface area contributed by atoms with Crippen molar-refractivity contribution < 1.29 is 4.79 Å². The summed E-state index contributed by atoms with van der Waals surface area (Å²) in [5.74, 6) is 0.0660. The molecule has 0 spiro atoms. The molecule has 27 heavy (non-hydrogen) atoms. The number of carbonyl (C=O) groups is 1. The quantitative estimate of drug-likeness (QED) is 0.533. The summed E-state index contributed by atoms with van der Waals surface area (Å²) in [5, 5.41) is 12.8. The minimum absolute atomic E-state index is 0.154. The molecule has 0 radical (unpaired) electrons. The van der Waals surface area contributed by atoms with Gasteiger partial charge in [0.05, 0.1) is 21.5 Å². The molecule has 0 aliphatic rings. The molecule has 0 saturated carbocycles. The van der Waals surface area contributed by atoms with Gasteiger partial charge >= 0.3 is 0 Å². The van der Waals surface area contributed by atoms with Crippen LogP contribution in [0, 0.1) is 13.8 Å². The Hall–Kier alpha value is -2.08. The Morgan fingerprint density at radius 1 is 1.00 bits per heavy atom. The van der Waals surface area contributed by atoms with Crippen LogP contribution < -0.4 is 5.32 Å². The summed E-state index contributed by atoms with van der Waals surface area (Å²) < 4.78 is 0. The van der Waals surface area contributed by atoms with Gasteiger partial charge in [-0.05, 0) is 49.7 Å². The van der Waals surface area contributed by atoms with Crippen LogP contribution in [0.1, 0.15) is 11.1 Å². The fourth-order valence-corrected chi connectivity index (χ4v) is 3.46. The number of carbonyl (C=O) groups excluding carboxylic acids is 1. The number of nitrogens with zero attached hydrogens (tertiary/aromatic N) is 2. The third kappa shape index (κ3) is 5.22. The second kappa shape index (κ2) is 8.74. The van der Waals surface area contributed by atoms with Gasteiger partial charge in [-0.15, -0.1) is 10.2 Å². The van der Waals surface area contributed by atoms with Crippen molar-refractivity contribution in [2.75, 3.05) is 11.1 Å². The van der Waals surface area contributed by atoms with Crippen LogP contribution in [0.25, 0.3) is 11.3 Å². The molecule has 138 valence electrons. The highest BCUT2D eigenvalue weighted by atomic mass is 35.5. The maximum atomic E-state index is 12.1. The molecule has 1 heterocycles. The van der Waals surface area contributed by atoms with Gasteiger partial charge in [0.25, 0.3) is 0 Å². The van der Waals surface area contributed by atoms with E-state index in [1.165, 1.54) is 17.3 Å². The highest BCUT2D eigenvalue weighted by molar-refractivity contribution is 7.99. The summed E-state index contributed by atoms with van der Waals surface area (Å²) >= 11 is 13.1. The Bertz CT molecular complexity index is 977. The Labute approximate surface area is 172 Å². The molecule has 7 heteroatoms. The van der Waals surface area contributed by atoms with E-state index in [0.29, 0.717) is 20.8 Å². The van der Waals surface area contributed by atoms with E-state index in [1.807, 2.05) is 18.2 Å². The first-order valence-corrected chi connectivity index (χ1v) is 9.95. The minimum atomic E-state index is -0.154. The lowest BCUT2D eigenvalue weighted by Gasteiger charge is -2.07. The van der Waals surface area contributed by atoms with E-state index in [2.05, 4.69) is 41.5 Å². The van der Waals surface area contributed by atoms with Gasteiger partial charge in [-0.25, -0.2) is 0 Å². The highest BCUT2D eigenvalue weighted by Gasteiger charge is 2.08. The fourth-order valence-electron chi connectivity index (χ4n) is 2.55. The number of aryl methyl sites for hydroxylation is 2. The third-order valence-electron chi connectivity index (χ3n) is 3.85. The van der Waals surface area contributed by atoms with Crippen LogP contribution in [0.2, 0.25) is 10.0 Å². The normalized spacial score (nSPS) is 10.7. The smallest absolute Gasteiger partial charge is 0.234 e. The van der Waals surface area contributed by atoms with Crippen molar-refractivity contribution in [2.45, 2.75) is 18.9 Å². The molecule has 0 saturated heterocycles. The second-order valence-electron chi connectivity index (χ2n) is 6.04. The highest BCUT2D eigenvalue weighted by Crippen LogP contribution is 2.26. The van der Waals surface area contributed by atoms with E-state index in [4.69, 9.17) is 23.2 Å². The summed E-state index contributed by atoms with van der Waals surface area (Å²) in [6.07, 6.45) is 0. The third-order valence-corrected chi connectivity index (χ3v) is 5.51. The van der Waals surface area contributed by atoms with Gasteiger partial charge in [-0.3, -0.25) is 4.79 Å². The minimum Gasteiger partial charge on any atom is -0.325 e. The van der Waals surface area contributed by atoms with Crippen LogP contribution in [0.15, 0.2) is 53.6 Å². The van der Waals surface area contributed by atoms with Crippen LogP contribution in [-0.2, 0) is 4.79 Å². The van der Waals surface area contributed by atoms with Crippen LogP contribution in [0.3, 0.4) is 0 Å². The Kier molecular flexibility index (Phi) is 6.37. The van der Waals surface area contributed by atoms with Gasteiger partial charge in [0.1, 0.15) is 5.03 Å². The van der Waals surface area contributed by atoms with E-state index in [0.717, 1.165) is 16.8 Å². The molecule has 0 fully saturated rings. The maximum absolute atomic E-state index is 12.1. The molecule has 1 N–H and O–H groups in total. The van der Waals surface area contributed by atoms with Crippen molar-refractivity contribution in [3.8, 4) is 11.3 Å². The molecule has 4 nitrogen and oxygen atoms in total.